The van der Waals surface area contributed by atoms with Gasteiger partial charge in [-0.2, -0.15) is 8.78 Å². The third kappa shape index (κ3) is 4.06. The molecule has 1 aliphatic rings. The quantitative estimate of drug-likeness (QED) is 0.395. The summed E-state index contributed by atoms with van der Waals surface area (Å²) in [7, 11) is 2.06. The third-order valence-electron chi connectivity index (χ3n) is 5.39. The van der Waals surface area contributed by atoms with E-state index in [2.05, 4.69) is 46.9 Å². The Hall–Kier alpha value is -2.80. The maximum Gasteiger partial charge on any atom is 0.387 e. The minimum absolute atomic E-state index is 0.0698. The molecule has 3 aromatic rings. The van der Waals surface area contributed by atoms with Crippen LogP contribution in [0.25, 0.3) is 11.1 Å². The summed E-state index contributed by atoms with van der Waals surface area (Å²) in [5.41, 5.74) is 10.8. The van der Waals surface area contributed by atoms with Crippen LogP contribution in [0, 0.1) is 0 Å². The van der Waals surface area contributed by atoms with Gasteiger partial charge in [-0.15, -0.1) is 0 Å². The van der Waals surface area contributed by atoms with Gasteiger partial charge < -0.3 is 20.1 Å². The molecule has 0 amide bonds. The summed E-state index contributed by atoms with van der Waals surface area (Å²) < 4.78 is 37.8. The van der Waals surface area contributed by atoms with Gasteiger partial charge in [-0.3, -0.25) is 0 Å². The Kier molecular flexibility index (Phi) is 6.05. The molecule has 4 rings (SSSR count). The van der Waals surface area contributed by atoms with E-state index in [0.717, 1.165) is 35.3 Å². The summed E-state index contributed by atoms with van der Waals surface area (Å²) in [5.74, 6) is 0.555. The highest BCUT2D eigenvalue weighted by atomic mass is 79.9. The van der Waals surface area contributed by atoms with Gasteiger partial charge in [-0.1, -0.05) is 31.2 Å². The van der Waals surface area contributed by atoms with Crippen LogP contribution in [0.15, 0.2) is 59.1 Å². The van der Waals surface area contributed by atoms with Gasteiger partial charge in [0.15, 0.2) is 6.10 Å². The first-order valence-electron chi connectivity index (χ1n) is 10.0. The highest BCUT2D eigenvalue weighted by Crippen LogP contribution is 2.52. The number of hydrogen-bond acceptors (Lipinski definition) is 4. The van der Waals surface area contributed by atoms with Gasteiger partial charge in [0, 0.05) is 35.0 Å². The average molecular weight is 489 g/mol. The first-order chi connectivity index (χ1) is 14.9. The molecule has 1 aliphatic heterocycles. The van der Waals surface area contributed by atoms with Gasteiger partial charge in [-0.05, 0) is 63.8 Å². The molecule has 0 saturated carbocycles. The van der Waals surface area contributed by atoms with Crippen LogP contribution in [-0.2, 0) is 0 Å². The maximum atomic E-state index is 13.0. The van der Waals surface area contributed by atoms with E-state index in [0.29, 0.717) is 21.5 Å². The van der Waals surface area contributed by atoms with Crippen LogP contribution < -0.4 is 20.1 Å². The summed E-state index contributed by atoms with van der Waals surface area (Å²) in [4.78, 5) is 2.19. The number of nitrogens with zero attached hydrogens (tertiary/aromatic N) is 1. The lowest BCUT2D eigenvalue weighted by Gasteiger charge is -2.31. The molecule has 1 unspecified atom stereocenters. The van der Waals surface area contributed by atoms with Crippen molar-refractivity contribution in [2.75, 3.05) is 24.2 Å². The highest BCUT2D eigenvalue weighted by molar-refractivity contribution is 9.10. The largest absolute Gasteiger partial charge is 0.480 e. The zero-order valence-corrected chi connectivity index (χ0v) is 18.8. The summed E-state index contributed by atoms with van der Waals surface area (Å²) in [6.45, 7) is 0.172. The van der Waals surface area contributed by atoms with E-state index in [9.17, 15) is 8.78 Å². The number of alkyl halides is 2. The zero-order chi connectivity index (χ0) is 22.1. The Morgan fingerprint density at radius 1 is 1.13 bits per heavy atom. The van der Waals surface area contributed by atoms with Gasteiger partial charge >= 0.3 is 6.61 Å². The Morgan fingerprint density at radius 2 is 1.87 bits per heavy atom. The summed E-state index contributed by atoms with van der Waals surface area (Å²) in [5, 5.41) is 0. The summed E-state index contributed by atoms with van der Waals surface area (Å²) >= 11 is 3.59. The lowest BCUT2D eigenvalue weighted by molar-refractivity contribution is -0.0496. The molecule has 0 spiro atoms. The number of nitrogen functional groups attached to an aromatic ring is 1. The molecule has 4 nitrogen and oxygen atoms in total. The number of hydrogen-bond donors (Lipinski definition) is 1. The summed E-state index contributed by atoms with van der Waals surface area (Å²) in [6.07, 6.45) is 0.608. The highest BCUT2D eigenvalue weighted by Gasteiger charge is 2.32. The van der Waals surface area contributed by atoms with E-state index in [1.807, 2.05) is 18.2 Å². The van der Waals surface area contributed by atoms with Crippen LogP contribution in [0.2, 0.25) is 0 Å². The minimum atomic E-state index is -2.93. The SMILES string of the molecule is CCCN(C)c1ccc(C2Oc3cccc(OC(F)F)c3-c3ccc(N)c(Br)c32)cc1. The van der Waals surface area contributed by atoms with Crippen molar-refractivity contribution in [1.29, 1.82) is 0 Å². The smallest absolute Gasteiger partial charge is 0.387 e. The first kappa shape index (κ1) is 21.4. The molecule has 3 aromatic carbocycles. The minimum Gasteiger partial charge on any atom is -0.480 e. The van der Waals surface area contributed by atoms with Crippen molar-refractivity contribution in [3.63, 3.8) is 0 Å². The summed E-state index contributed by atoms with van der Waals surface area (Å²) in [6, 6.07) is 16.7. The number of anilines is 2. The fourth-order valence-corrected chi connectivity index (χ4v) is 4.50. The fourth-order valence-electron chi connectivity index (χ4n) is 3.94. The number of nitrogens with two attached hydrogens (primary N) is 1. The molecule has 0 bridgehead atoms. The van der Waals surface area contributed by atoms with Crippen molar-refractivity contribution >= 4 is 27.3 Å². The normalized spacial score (nSPS) is 14.6. The van der Waals surface area contributed by atoms with Crippen molar-refractivity contribution < 1.29 is 18.3 Å². The Labute approximate surface area is 188 Å². The fraction of sp³-hybridized carbons (Fsp3) is 0.250. The van der Waals surface area contributed by atoms with Crippen LogP contribution in [0.4, 0.5) is 20.2 Å². The van der Waals surface area contributed by atoms with Gasteiger partial charge in [-0.25, -0.2) is 0 Å². The standard InChI is InChI=1S/C24H23BrF2N2O2/c1-3-13-29(2)15-9-7-14(8-10-15)23-21-16(11-12-17(28)22(21)25)20-18(30-23)5-4-6-19(20)31-24(26)27/h4-12,23-24H,3,13,28H2,1-2H3. The molecular formula is C24H23BrF2N2O2. The molecule has 0 aromatic heterocycles. The lowest BCUT2D eigenvalue weighted by atomic mass is 9.88. The monoisotopic (exact) mass is 488 g/mol. The molecule has 2 N–H and O–H groups in total. The molecular weight excluding hydrogens is 466 g/mol. The number of benzene rings is 3. The van der Waals surface area contributed by atoms with Crippen LogP contribution in [0.1, 0.15) is 30.6 Å². The van der Waals surface area contributed by atoms with E-state index in [-0.39, 0.29) is 5.75 Å². The van der Waals surface area contributed by atoms with E-state index in [1.54, 1.807) is 18.2 Å². The average Bonchev–Trinajstić information content (AvgIpc) is 2.75. The molecule has 0 radical (unpaired) electrons. The van der Waals surface area contributed by atoms with Crippen LogP contribution >= 0.6 is 15.9 Å². The van der Waals surface area contributed by atoms with Gasteiger partial charge in [0.25, 0.3) is 0 Å². The number of ether oxygens (including phenoxy) is 2. The molecule has 0 fully saturated rings. The van der Waals surface area contributed by atoms with E-state index >= 15 is 0 Å². The number of rotatable bonds is 6. The Morgan fingerprint density at radius 3 is 2.55 bits per heavy atom. The van der Waals surface area contributed by atoms with Crippen molar-refractivity contribution in [1.82, 2.24) is 0 Å². The zero-order valence-electron chi connectivity index (χ0n) is 17.2. The molecule has 0 saturated heterocycles. The second kappa shape index (κ2) is 8.75. The molecule has 31 heavy (non-hydrogen) atoms. The molecule has 7 heteroatoms. The second-order valence-corrected chi connectivity index (χ2v) is 8.24. The van der Waals surface area contributed by atoms with Gasteiger partial charge in [0.2, 0.25) is 0 Å². The van der Waals surface area contributed by atoms with E-state index in [1.165, 1.54) is 6.07 Å². The Bertz CT molecular complexity index is 1090. The lowest BCUT2D eigenvalue weighted by Crippen LogP contribution is -2.19. The van der Waals surface area contributed by atoms with Crippen LogP contribution in [-0.4, -0.2) is 20.2 Å². The Balaban J connectivity index is 1.82. The van der Waals surface area contributed by atoms with Crippen LogP contribution in [0.3, 0.4) is 0 Å². The number of fused-ring (bicyclic) bond motifs is 3. The predicted octanol–water partition coefficient (Wildman–Crippen LogP) is 6.63. The predicted molar refractivity (Wildman–Crippen MR) is 123 cm³/mol. The maximum absolute atomic E-state index is 13.0. The van der Waals surface area contributed by atoms with Crippen molar-refractivity contribution in [2.45, 2.75) is 26.1 Å². The van der Waals surface area contributed by atoms with Crippen LogP contribution in [0.5, 0.6) is 11.5 Å². The number of halogens is 3. The third-order valence-corrected chi connectivity index (χ3v) is 6.27. The van der Waals surface area contributed by atoms with Gasteiger partial charge in [0.05, 0.1) is 5.56 Å². The molecule has 1 atom stereocenters. The van der Waals surface area contributed by atoms with Crippen molar-refractivity contribution in [2.24, 2.45) is 0 Å². The second-order valence-electron chi connectivity index (χ2n) is 7.45. The first-order valence-corrected chi connectivity index (χ1v) is 10.8. The molecule has 0 aliphatic carbocycles. The molecule has 1 heterocycles. The van der Waals surface area contributed by atoms with E-state index in [4.69, 9.17) is 15.2 Å². The van der Waals surface area contributed by atoms with Gasteiger partial charge in [0.1, 0.15) is 11.5 Å². The van der Waals surface area contributed by atoms with E-state index < -0.39 is 12.7 Å². The van der Waals surface area contributed by atoms with Crippen molar-refractivity contribution in [3.8, 4) is 22.6 Å². The molecule has 162 valence electrons. The topological polar surface area (TPSA) is 47.7 Å². The van der Waals surface area contributed by atoms with Crippen molar-refractivity contribution in [3.05, 3.63) is 70.2 Å².